The summed E-state index contributed by atoms with van der Waals surface area (Å²) in [5.41, 5.74) is 1.73. The standard InChI is InChI=1S/C50H30O2/c1-2-12-31(13-3-1)32-14-10-16-35(28-32)47-37-18-4-6-20-39(37)48(40-21-7-5-19-38(40)47)36-17-11-15-33(29-36)34-24-25-42-46(30-34)52-45-27-26-44-49(50(42)45)41-22-8-9-23-43(41)51-44/h1-30H/i1D,2D,3D,4D,5D,6D,7D,10D,12D,13D,14D,16D,18D,19D,20D,21D,28D. The molecule has 2 heteroatoms. The first kappa shape index (κ1) is 16.9. The molecule has 0 amide bonds. The number of benzene rings is 9. The van der Waals surface area contributed by atoms with Crippen LogP contribution in [-0.4, -0.2) is 0 Å². The zero-order valence-electron chi connectivity index (χ0n) is 43.8. The lowest BCUT2D eigenvalue weighted by atomic mass is 9.85. The van der Waals surface area contributed by atoms with Crippen LogP contribution in [0.2, 0.25) is 0 Å². The van der Waals surface area contributed by atoms with Gasteiger partial charge < -0.3 is 8.83 Å². The summed E-state index contributed by atoms with van der Waals surface area (Å²) in [7, 11) is 0. The topological polar surface area (TPSA) is 26.3 Å². The van der Waals surface area contributed by atoms with Crippen LogP contribution < -0.4 is 0 Å². The molecule has 0 spiro atoms. The van der Waals surface area contributed by atoms with Crippen molar-refractivity contribution in [3.05, 3.63) is 182 Å². The Morgan fingerprint density at radius 1 is 0.327 bits per heavy atom. The van der Waals surface area contributed by atoms with Gasteiger partial charge in [0.15, 0.2) is 0 Å². The van der Waals surface area contributed by atoms with E-state index in [1.54, 1.807) is 24.3 Å². The molecule has 0 unspecified atom stereocenters. The molecule has 2 heterocycles. The third-order valence-electron chi connectivity index (χ3n) is 9.46. The molecule has 242 valence electrons. The zero-order chi connectivity index (χ0) is 49.0. The summed E-state index contributed by atoms with van der Waals surface area (Å²) < 4.78 is 165. The summed E-state index contributed by atoms with van der Waals surface area (Å²) in [5, 5.41) is 2.27. The predicted molar refractivity (Wildman–Crippen MR) is 218 cm³/mol. The number of hydrogen-bond acceptors (Lipinski definition) is 2. The third-order valence-corrected chi connectivity index (χ3v) is 9.46. The Labute approximate surface area is 323 Å². The fraction of sp³-hybridized carbons (Fsp3) is 0. The second kappa shape index (κ2) is 11.3. The summed E-state index contributed by atoms with van der Waals surface area (Å²) in [6.07, 6.45) is 0. The first-order valence-corrected chi connectivity index (χ1v) is 16.4. The van der Waals surface area contributed by atoms with Crippen LogP contribution in [0.25, 0.3) is 110 Å². The molecule has 0 radical (unpaired) electrons. The molecule has 0 aliphatic carbocycles. The highest BCUT2D eigenvalue weighted by Gasteiger charge is 2.19. The van der Waals surface area contributed by atoms with Crippen molar-refractivity contribution in [2.75, 3.05) is 0 Å². The molecular weight excluding hydrogens is 633 g/mol. The predicted octanol–water partition coefficient (Wildman–Crippen LogP) is 14.5. The molecule has 52 heavy (non-hydrogen) atoms. The smallest absolute Gasteiger partial charge is 0.136 e. The molecule has 11 rings (SSSR count). The maximum Gasteiger partial charge on any atom is 0.136 e. The van der Waals surface area contributed by atoms with Gasteiger partial charge in [-0.3, -0.25) is 0 Å². The van der Waals surface area contributed by atoms with Gasteiger partial charge in [0.25, 0.3) is 0 Å². The molecular formula is C50H30O2. The Morgan fingerprint density at radius 3 is 1.62 bits per heavy atom. The van der Waals surface area contributed by atoms with Gasteiger partial charge in [0, 0.05) is 21.5 Å². The van der Waals surface area contributed by atoms with Gasteiger partial charge in [0.05, 0.1) is 23.3 Å². The highest BCUT2D eigenvalue weighted by molar-refractivity contribution is 6.26. The molecule has 2 aromatic heterocycles. The lowest BCUT2D eigenvalue weighted by Crippen LogP contribution is -1.91. The number of hydrogen-bond donors (Lipinski definition) is 0. The third kappa shape index (κ3) is 4.38. The van der Waals surface area contributed by atoms with E-state index in [2.05, 4.69) is 0 Å². The van der Waals surface area contributed by atoms with Gasteiger partial charge in [-0.25, -0.2) is 0 Å². The fourth-order valence-corrected chi connectivity index (χ4v) is 7.25. The molecule has 0 atom stereocenters. The minimum absolute atomic E-state index is 0.0317. The normalized spacial score (nSPS) is 16.4. The Bertz CT molecular complexity index is 4060. The van der Waals surface area contributed by atoms with Crippen molar-refractivity contribution in [1.82, 2.24) is 0 Å². The molecule has 0 saturated carbocycles. The summed E-state index contributed by atoms with van der Waals surface area (Å²) in [6.45, 7) is 0. The van der Waals surface area contributed by atoms with E-state index in [-0.39, 0.29) is 32.7 Å². The zero-order valence-corrected chi connectivity index (χ0v) is 26.8. The van der Waals surface area contributed by atoms with Gasteiger partial charge in [0.2, 0.25) is 0 Å². The van der Waals surface area contributed by atoms with Crippen molar-refractivity contribution in [1.29, 1.82) is 0 Å². The first-order valence-electron chi connectivity index (χ1n) is 24.9. The lowest BCUT2D eigenvalue weighted by Gasteiger charge is -2.18. The number of para-hydroxylation sites is 1. The number of furan rings is 2. The van der Waals surface area contributed by atoms with Crippen LogP contribution in [0.3, 0.4) is 0 Å². The molecule has 9 aromatic carbocycles. The van der Waals surface area contributed by atoms with Crippen LogP contribution in [0, 0.1) is 0 Å². The van der Waals surface area contributed by atoms with E-state index in [1.807, 2.05) is 54.6 Å². The molecule has 0 aliphatic rings. The van der Waals surface area contributed by atoms with Gasteiger partial charge >= 0.3 is 0 Å². The monoisotopic (exact) mass is 679 g/mol. The van der Waals surface area contributed by atoms with Crippen LogP contribution in [0.5, 0.6) is 0 Å². The largest absolute Gasteiger partial charge is 0.456 e. The number of rotatable bonds is 4. The SMILES string of the molecule is [2H]c1c([2H])c([2H])c(-c2c([2H])c([2H])c([2H])c(-c3c4c([2H])c([2H])c([2H])c([2H])c4c(-c4cccc(-c5ccc6c(c5)oc5ccc7oc8ccccc8c7c56)c4)c4c([2H])c([2H])c([2H])c([2H])c34)c2[2H])c([2H])c1[2H]. The summed E-state index contributed by atoms with van der Waals surface area (Å²) >= 11 is 0. The fourth-order valence-electron chi connectivity index (χ4n) is 7.25. The van der Waals surface area contributed by atoms with Crippen molar-refractivity contribution >= 4 is 65.4 Å². The summed E-state index contributed by atoms with van der Waals surface area (Å²) in [4.78, 5) is 0. The second-order valence-electron chi connectivity index (χ2n) is 12.3. The summed E-state index contributed by atoms with van der Waals surface area (Å²) in [5.74, 6) is 0. The molecule has 0 aliphatic heterocycles. The average molecular weight is 680 g/mol. The first-order chi connectivity index (χ1) is 32.8. The highest BCUT2D eigenvalue weighted by Crippen LogP contribution is 2.45. The van der Waals surface area contributed by atoms with E-state index in [0.717, 1.165) is 27.1 Å². The molecule has 0 saturated heterocycles. The van der Waals surface area contributed by atoms with E-state index in [4.69, 9.17) is 23.9 Å². The summed E-state index contributed by atoms with van der Waals surface area (Å²) in [6, 6.07) is 10.9. The van der Waals surface area contributed by atoms with E-state index in [1.165, 1.54) is 0 Å². The Morgan fingerprint density at radius 2 is 0.885 bits per heavy atom. The molecule has 2 nitrogen and oxygen atoms in total. The second-order valence-corrected chi connectivity index (χ2v) is 12.3. The van der Waals surface area contributed by atoms with Gasteiger partial charge in [-0.15, -0.1) is 0 Å². The maximum atomic E-state index is 9.62. The van der Waals surface area contributed by atoms with Crippen LogP contribution in [0.4, 0.5) is 0 Å². The highest BCUT2D eigenvalue weighted by atomic mass is 16.3. The van der Waals surface area contributed by atoms with Gasteiger partial charge in [-0.1, -0.05) is 139 Å². The van der Waals surface area contributed by atoms with Crippen molar-refractivity contribution in [3.8, 4) is 44.5 Å². The van der Waals surface area contributed by atoms with E-state index in [0.29, 0.717) is 27.9 Å². The Hall–Kier alpha value is -6.90. The maximum absolute atomic E-state index is 9.62. The number of fused-ring (bicyclic) bond motifs is 9. The molecule has 0 fully saturated rings. The Kier molecular flexibility index (Phi) is 3.67. The average Bonchev–Trinajstić information content (AvgIpc) is 3.92. The van der Waals surface area contributed by atoms with Gasteiger partial charge in [-0.2, -0.15) is 0 Å². The van der Waals surface area contributed by atoms with Gasteiger partial charge in [-0.05, 0) is 108 Å². The van der Waals surface area contributed by atoms with Crippen LogP contribution in [-0.2, 0) is 0 Å². The van der Waals surface area contributed by atoms with Crippen molar-refractivity contribution in [3.63, 3.8) is 0 Å². The van der Waals surface area contributed by atoms with Crippen LogP contribution in [0.15, 0.2) is 190 Å². The lowest BCUT2D eigenvalue weighted by molar-refractivity contribution is 0.663. The van der Waals surface area contributed by atoms with Crippen molar-refractivity contribution < 1.29 is 32.1 Å². The molecule has 0 N–H and O–H groups in total. The minimum atomic E-state index is -0.883. The van der Waals surface area contributed by atoms with E-state index >= 15 is 0 Å². The molecule has 0 bridgehead atoms. The minimum Gasteiger partial charge on any atom is -0.456 e. The van der Waals surface area contributed by atoms with E-state index in [9.17, 15) is 8.22 Å². The van der Waals surface area contributed by atoms with Gasteiger partial charge in [0.1, 0.15) is 22.3 Å². The van der Waals surface area contributed by atoms with Crippen LogP contribution in [0.1, 0.15) is 23.3 Å². The van der Waals surface area contributed by atoms with E-state index < -0.39 is 125 Å². The van der Waals surface area contributed by atoms with Crippen LogP contribution >= 0.6 is 0 Å². The Balaban J connectivity index is 1.24. The molecule has 11 aromatic rings. The van der Waals surface area contributed by atoms with Crippen molar-refractivity contribution in [2.45, 2.75) is 0 Å². The van der Waals surface area contributed by atoms with Crippen molar-refractivity contribution in [2.24, 2.45) is 0 Å². The quantitative estimate of drug-likeness (QED) is 0.173.